The van der Waals surface area contributed by atoms with E-state index in [-0.39, 0.29) is 0 Å². The molecule has 0 spiro atoms. The summed E-state index contributed by atoms with van der Waals surface area (Å²) in [5.41, 5.74) is 5.78. The van der Waals surface area contributed by atoms with E-state index in [1.165, 1.54) is 0 Å². The maximum absolute atomic E-state index is 11.2. The zero-order chi connectivity index (χ0) is 11.6. The minimum absolute atomic E-state index is 0.356. The number of nitrogens with two attached hydrogens (primary N) is 1. The van der Waals surface area contributed by atoms with Gasteiger partial charge in [-0.1, -0.05) is 27.7 Å². The highest BCUT2D eigenvalue weighted by molar-refractivity contribution is 7.12. The van der Waals surface area contributed by atoms with Crippen molar-refractivity contribution in [2.45, 2.75) is 40.0 Å². The van der Waals surface area contributed by atoms with E-state index in [0.717, 1.165) is 16.3 Å². The number of hydrogen-bond donors (Lipinski definition) is 1. The van der Waals surface area contributed by atoms with Gasteiger partial charge in [-0.3, -0.25) is 4.79 Å². The minimum atomic E-state index is -0.409. The third kappa shape index (κ3) is 3.02. The quantitative estimate of drug-likeness (QED) is 0.857. The predicted octanol–water partition coefficient (Wildman–Crippen LogP) is 2.56. The van der Waals surface area contributed by atoms with Crippen LogP contribution in [0, 0.1) is 5.92 Å². The normalized spacial score (nSPS) is 11.3. The molecule has 0 radical (unpaired) electrons. The lowest BCUT2D eigenvalue weighted by molar-refractivity contribution is 0.0995. The van der Waals surface area contributed by atoms with Gasteiger partial charge in [0.05, 0.1) is 5.01 Å². The van der Waals surface area contributed by atoms with Crippen molar-refractivity contribution in [3.8, 4) is 0 Å². The third-order valence-electron chi connectivity index (χ3n) is 2.03. The van der Waals surface area contributed by atoms with Crippen molar-refractivity contribution in [3.05, 3.63) is 15.6 Å². The van der Waals surface area contributed by atoms with Crippen molar-refractivity contribution >= 4 is 17.2 Å². The molecule has 0 atom stereocenters. The molecule has 0 aliphatic heterocycles. The lowest BCUT2D eigenvalue weighted by Crippen LogP contribution is -2.14. The molecule has 84 valence electrons. The van der Waals surface area contributed by atoms with Crippen molar-refractivity contribution in [3.63, 3.8) is 0 Å². The fourth-order valence-electron chi connectivity index (χ4n) is 1.32. The number of thiazole rings is 1. The highest BCUT2D eigenvalue weighted by Gasteiger charge is 2.17. The van der Waals surface area contributed by atoms with Crippen LogP contribution in [0.2, 0.25) is 0 Å². The lowest BCUT2D eigenvalue weighted by atomic mass is 10.1. The summed E-state index contributed by atoms with van der Waals surface area (Å²) in [6, 6.07) is 0. The monoisotopic (exact) mass is 226 g/mol. The molecule has 0 aliphatic rings. The van der Waals surface area contributed by atoms with Gasteiger partial charge >= 0.3 is 0 Å². The van der Waals surface area contributed by atoms with Gasteiger partial charge < -0.3 is 5.73 Å². The Morgan fingerprint density at radius 1 is 1.40 bits per heavy atom. The van der Waals surface area contributed by atoms with E-state index < -0.39 is 5.91 Å². The molecular formula is C11H18N2OS. The molecule has 1 rings (SSSR count). The van der Waals surface area contributed by atoms with E-state index in [4.69, 9.17) is 5.73 Å². The van der Waals surface area contributed by atoms with Crippen LogP contribution < -0.4 is 5.73 Å². The zero-order valence-electron chi connectivity index (χ0n) is 9.70. The van der Waals surface area contributed by atoms with Crippen molar-refractivity contribution in [2.75, 3.05) is 0 Å². The minimum Gasteiger partial charge on any atom is -0.364 e. The van der Waals surface area contributed by atoms with Crippen LogP contribution in [0.5, 0.6) is 0 Å². The molecular weight excluding hydrogens is 208 g/mol. The average Bonchev–Trinajstić information content (AvgIpc) is 2.46. The summed E-state index contributed by atoms with van der Waals surface area (Å²) in [7, 11) is 0. The molecule has 1 heterocycles. The Bertz CT molecular complexity index is 355. The van der Waals surface area contributed by atoms with E-state index in [0.29, 0.717) is 17.5 Å². The summed E-state index contributed by atoms with van der Waals surface area (Å²) in [5.74, 6) is 0.464. The number of nitrogens with zero attached hydrogens (tertiary/aromatic N) is 1. The molecule has 1 aromatic heterocycles. The van der Waals surface area contributed by atoms with Gasteiger partial charge in [-0.15, -0.1) is 11.3 Å². The van der Waals surface area contributed by atoms with Crippen molar-refractivity contribution in [1.82, 2.24) is 4.98 Å². The Morgan fingerprint density at radius 3 is 2.40 bits per heavy atom. The summed E-state index contributed by atoms with van der Waals surface area (Å²) in [5, 5.41) is 0.999. The first kappa shape index (κ1) is 12.2. The summed E-state index contributed by atoms with van der Waals surface area (Å²) >= 11 is 1.61. The Labute approximate surface area is 94.7 Å². The molecule has 0 fully saturated rings. The fraction of sp³-hybridized carbons (Fsp3) is 0.636. The second-order valence-corrected chi connectivity index (χ2v) is 5.56. The maximum atomic E-state index is 11.2. The van der Waals surface area contributed by atoms with Crippen LogP contribution in [0.1, 0.15) is 54.0 Å². The molecule has 1 aromatic rings. The summed E-state index contributed by atoms with van der Waals surface area (Å²) in [6.45, 7) is 8.39. The summed E-state index contributed by atoms with van der Waals surface area (Å²) in [4.78, 5) is 16.5. The van der Waals surface area contributed by atoms with Gasteiger partial charge in [-0.2, -0.15) is 0 Å². The highest BCUT2D eigenvalue weighted by Crippen LogP contribution is 2.26. The van der Waals surface area contributed by atoms with Crippen LogP contribution >= 0.6 is 11.3 Å². The number of carbonyl (C=O) groups is 1. The molecule has 0 unspecified atom stereocenters. The number of rotatable bonds is 4. The van der Waals surface area contributed by atoms with Crippen molar-refractivity contribution < 1.29 is 4.79 Å². The molecule has 0 bridgehead atoms. The first-order valence-electron chi connectivity index (χ1n) is 5.21. The number of carbonyl (C=O) groups excluding carboxylic acids is 1. The summed E-state index contributed by atoms with van der Waals surface area (Å²) in [6.07, 6.45) is 0.878. The Morgan fingerprint density at radius 2 is 2.00 bits per heavy atom. The Hall–Kier alpha value is -0.900. The van der Waals surface area contributed by atoms with Gasteiger partial charge in [0.25, 0.3) is 5.91 Å². The van der Waals surface area contributed by atoms with E-state index in [9.17, 15) is 4.79 Å². The van der Waals surface area contributed by atoms with Crippen LogP contribution in [-0.4, -0.2) is 10.9 Å². The van der Waals surface area contributed by atoms with Crippen LogP contribution in [0.25, 0.3) is 0 Å². The molecule has 0 aromatic carbocycles. The first-order valence-corrected chi connectivity index (χ1v) is 6.02. The average molecular weight is 226 g/mol. The number of primary amides is 1. The van der Waals surface area contributed by atoms with E-state index >= 15 is 0 Å². The van der Waals surface area contributed by atoms with Gasteiger partial charge in [0.15, 0.2) is 0 Å². The van der Waals surface area contributed by atoms with Gasteiger partial charge in [-0.05, 0) is 12.3 Å². The molecule has 15 heavy (non-hydrogen) atoms. The topological polar surface area (TPSA) is 56.0 Å². The SMILES string of the molecule is CC(C)Cc1sc(C(C)C)nc1C(N)=O. The van der Waals surface area contributed by atoms with E-state index in [2.05, 4.69) is 32.7 Å². The molecule has 0 saturated heterocycles. The predicted molar refractivity (Wildman–Crippen MR) is 63.3 cm³/mol. The largest absolute Gasteiger partial charge is 0.364 e. The van der Waals surface area contributed by atoms with Crippen LogP contribution in [0.15, 0.2) is 0 Å². The highest BCUT2D eigenvalue weighted by atomic mass is 32.1. The van der Waals surface area contributed by atoms with Crippen molar-refractivity contribution in [2.24, 2.45) is 11.7 Å². The standard InChI is InChI=1S/C11H18N2OS/c1-6(2)5-8-9(10(12)14)13-11(15-8)7(3)4/h6-7H,5H2,1-4H3,(H2,12,14). The zero-order valence-corrected chi connectivity index (χ0v) is 10.5. The molecule has 3 nitrogen and oxygen atoms in total. The Balaban J connectivity index is 3.06. The Kier molecular flexibility index (Phi) is 3.85. The van der Waals surface area contributed by atoms with E-state index in [1.54, 1.807) is 11.3 Å². The second kappa shape index (κ2) is 4.75. The lowest BCUT2D eigenvalue weighted by Gasteiger charge is -2.01. The van der Waals surface area contributed by atoms with Gasteiger partial charge in [0.2, 0.25) is 0 Å². The molecule has 1 amide bonds. The summed E-state index contributed by atoms with van der Waals surface area (Å²) < 4.78 is 0. The molecule has 2 N–H and O–H groups in total. The number of hydrogen-bond acceptors (Lipinski definition) is 3. The molecule has 4 heteroatoms. The molecule has 0 saturated carbocycles. The van der Waals surface area contributed by atoms with Crippen molar-refractivity contribution in [1.29, 1.82) is 0 Å². The van der Waals surface area contributed by atoms with Crippen LogP contribution in [-0.2, 0) is 6.42 Å². The number of aromatic nitrogens is 1. The van der Waals surface area contributed by atoms with Crippen LogP contribution in [0.4, 0.5) is 0 Å². The van der Waals surface area contributed by atoms with Gasteiger partial charge in [-0.25, -0.2) is 4.98 Å². The van der Waals surface area contributed by atoms with Gasteiger partial charge in [0, 0.05) is 10.8 Å². The smallest absolute Gasteiger partial charge is 0.268 e. The maximum Gasteiger partial charge on any atom is 0.268 e. The molecule has 0 aliphatic carbocycles. The van der Waals surface area contributed by atoms with E-state index in [1.807, 2.05) is 0 Å². The third-order valence-corrected chi connectivity index (χ3v) is 3.41. The fourth-order valence-corrected chi connectivity index (χ4v) is 2.60. The van der Waals surface area contributed by atoms with Gasteiger partial charge in [0.1, 0.15) is 5.69 Å². The second-order valence-electron chi connectivity index (χ2n) is 4.44. The first-order chi connectivity index (χ1) is 6.91. The number of amides is 1. The van der Waals surface area contributed by atoms with Crippen LogP contribution in [0.3, 0.4) is 0 Å².